The van der Waals surface area contributed by atoms with Crippen LogP contribution in [-0.4, -0.2) is 88.0 Å². The van der Waals surface area contributed by atoms with E-state index in [9.17, 15) is 29.7 Å². The van der Waals surface area contributed by atoms with Crippen LogP contribution in [0.25, 0.3) is 0 Å². The molecule has 2 saturated heterocycles. The van der Waals surface area contributed by atoms with Crippen LogP contribution in [0.1, 0.15) is 100 Å². The Hall–Kier alpha value is -1.69. The minimum Gasteiger partial charge on any atom is -0.462 e. The van der Waals surface area contributed by atoms with Crippen LogP contribution in [0.15, 0.2) is 11.6 Å². The van der Waals surface area contributed by atoms with Gasteiger partial charge >= 0.3 is 5.97 Å². The van der Waals surface area contributed by atoms with Gasteiger partial charge in [0.05, 0.1) is 18.3 Å². The molecule has 10 nitrogen and oxygen atoms in total. The van der Waals surface area contributed by atoms with Crippen molar-refractivity contribution in [3.63, 3.8) is 0 Å². The molecular weight excluding hydrogens is 604 g/mol. The van der Waals surface area contributed by atoms with Crippen molar-refractivity contribution in [2.45, 2.75) is 149 Å². The molecule has 0 aromatic heterocycles. The van der Waals surface area contributed by atoms with Gasteiger partial charge in [0.15, 0.2) is 12.1 Å². The lowest BCUT2D eigenvalue weighted by Crippen LogP contribution is -2.60. The molecule has 0 aromatic carbocycles. The SMILES string of the molecule is CC(=O)O[C@H]1C[C@@]23C[C@@]24CC[C@H](O[C@@H]2OC[C@H](O)[C@H](O)[C@H]2O)C(C)(C)[C@@H]4CC=C3[C@]2(C)CC(=O)[C@@H]([C@H](C)CC(=O)[C@H]3OC3(C)C)[C@@]12C. The predicted molar refractivity (Wildman–Crippen MR) is 169 cm³/mol. The van der Waals surface area contributed by atoms with Gasteiger partial charge in [0.1, 0.15) is 36.3 Å². The number of esters is 1. The number of fused-ring (bicyclic) bond motifs is 2. The molecular formula is C37H54O10. The molecule has 0 radical (unpaired) electrons. The van der Waals surface area contributed by atoms with Crippen LogP contribution in [-0.2, 0) is 33.3 Å². The summed E-state index contributed by atoms with van der Waals surface area (Å²) in [5, 5.41) is 30.8. The van der Waals surface area contributed by atoms with Gasteiger partial charge in [-0.15, -0.1) is 0 Å². The van der Waals surface area contributed by atoms with E-state index in [-0.39, 0.29) is 64.7 Å². The normalized spacial score (nSPS) is 51.0. The summed E-state index contributed by atoms with van der Waals surface area (Å²) < 4.78 is 24.0. The number of hydrogen-bond donors (Lipinski definition) is 3. The zero-order valence-corrected chi connectivity index (χ0v) is 29.2. The maximum absolute atomic E-state index is 14.2. The molecule has 5 aliphatic carbocycles. The Bertz CT molecular complexity index is 1400. The first-order valence-corrected chi connectivity index (χ1v) is 17.7. The number of aliphatic hydroxyl groups is 3. The fraction of sp³-hybridized carbons (Fsp3) is 0.865. The standard InChI is InChI=1S/C37H54O10/c1-18(13-20(39)30-33(5,6)47-30)27-21(40)14-34(7)24-10-9-23-32(3,4)25(46-31-29(43)28(42)22(41)16-44-31)11-12-36(23)17-37(24,36)15-26(35(27,34)8)45-19(2)38/h10,18,22-23,25-31,41-43H,9,11-17H2,1-8H3/t18-,22+,23+,25+,26+,27-,28+,29-,30-,31+,34+,35-,36-,37+/m1/s1. The van der Waals surface area contributed by atoms with E-state index < -0.39 is 59.2 Å². The van der Waals surface area contributed by atoms with Crippen molar-refractivity contribution < 1.29 is 48.7 Å². The van der Waals surface area contributed by atoms with Gasteiger partial charge in [-0.25, -0.2) is 0 Å². The van der Waals surface area contributed by atoms with E-state index in [0.717, 1.165) is 25.7 Å². The van der Waals surface area contributed by atoms with Gasteiger partial charge in [0.25, 0.3) is 0 Å². The second-order valence-corrected chi connectivity index (χ2v) is 17.8. The Kier molecular flexibility index (Phi) is 7.49. The molecule has 10 heteroatoms. The molecule has 14 atom stereocenters. The summed E-state index contributed by atoms with van der Waals surface area (Å²) in [6.45, 7) is 15.9. The minimum absolute atomic E-state index is 0.0303. The Morgan fingerprint density at radius 1 is 1.06 bits per heavy atom. The Labute approximate surface area is 277 Å². The lowest BCUT2D eigenvalue weighted by Gasteiger charge is -2.61. The third kappa shape index (κ3) is 4.46. The summed E-state index contributed by atoms with van der Waals surface area (Å²) in [6.07, 6.45) is 1.06. The van der Waals surface area contributed by atoms with Crippen LogP contribution in [0.4, 0.5) is 0 Å². The first kappa shape index (κ1) is 33.8. The second-order valence-electron chi connectivity index (χ2n) is 17.8. The van der Waals surface area contributed by atoms with Crippen molar-refractivity contribution in [3.05, 3.63) is 11.6 Å². The van der Waals surface area contributed by atoms with E-state index in [1.165, 1.54) is 12.5 Å². The largest absolute Gasteiger partial charge is 0.462 e. The predicted octanol–water partition coefficient (Wildman–Crippen LogP) is 3.66. The highest BCUT2D eigenvalue weighted by Gasteiger charge is 2.83. The third-order valence-electron chi connectivity index (χ3n) is 14.7. The van der Waals surface area contributed by atoms with Crippen molar-refractivity contribution in [1.29, 1.82) is 0 Å². The van der Waals surface area contributed by atoms with E-state index in [4.69, 9.17) is 18.9 Å². The number of hydrogen-bond acceptors (Lipinski definition) is 10. The highest BCUT2D eigenvalue weighted by Crippen LogP contribution is 2.88. The van der Waals surface area contributed by atoms with Gasteiger partial charge in [-0.05, 0) is 68.6 Å². The average molecular weight is 659 g/mol. The molecule has 0 amide bonds. The average Bonchev–Trinajstić information content (AvgIpc) is 3.80. The van der Waals surface area contributed by atoms with E-state index >= 15 is 0 Å². The van der Waals surface area contributed by atoms with Crippen LogP contribution in [0.2, 0.25) is 0 Å². The Balaban J connectivity index is 1.20. The van der Waals surface area contributed by atoms with Crippen LogP contribution in [0.3, 0.4) is 0 Å². The monoisotopic (exact) mass is 658 g/mol. The van der Waals surface area contributed by atoms with Gasteiger partial charge in [-0.3, -0.25) is 14.4 Å². The summed E-state index contributed by atoms with van der Waals surface area (Å²) >= 11 is 0. The lowest BCUT2D eigenvalue weighted by molar-refractivity contribution is -0.300. The number of Topliss-reactive ketones (excluding diaryl/α,β-unsaturated/α-hetero) is 2. The number of allylic oxidation sites excluding steroid dienone is 2. The molecule has 4 saturated carbocycles. The quantitative estimate of drug-likeness (QED) is 0.210. The molecule has 262 valence electrons. The minimum atomic E-state index is -1.34. The summed E-state index contributed by atoms with van der Waals surface area (Å²) in [5.41, 5.74) is -0.862. The van der Waals surface area contributed by atoms with Crippen LogP contribution >= 0.6 is 0 Å². The molecule has 2 aliphatic heterocycles. The second kappa shape index (κ2) is 10.4. The molecule has 3 N–H and O–H groups in total. The number of ketones is 2. The highest BCUT2D eigenvalue weighted by atomic mass is 16.7. The van der Waals surface area contributed by atoms with Gasteiger partial charge in [0.2, 0.25) is 0 Å². The molecule has 47 heavy (non-hydrogen) atoms. The van der Waals surface area contributed by atoms with Crippen molar-refractivity contribution in [2.75, 3.05) is 6.61 Å². The first-order chi connectivity index (χ1) is 21.8. The molecule has 7 aliphatic rings. The maximum atomic E-state index is 14.2. The van der Waals surface area contributed by atoms with Crippen LogP contribution < -0.4 is 0 Å². The van der Waals surface area contributed by atoms with E-state index in [0.29, 0.717) is 12.8 Å². The zero-order chi connectivity index (χ0) is 34.3. The van der Waals surface area contributed by atoms with E-state index in [2.05, 4.69) is 33.8 Å². The van der Waals surface area contributed by atoms with Crippen molar-refractivity contribution >= 4 is 17.5 Å². The number of carbonyl (C=O) groups excluding carboxylic acids is 3. The number of carbonyl (C=O) groups is 3. The van der Waals surface area contributed by atoms with Gasteiger partial charge in [0, 0.05) is 41.9 Å². The fourth-order valence-corrected chi connectivity index (χ4v) is 12.3. The third-order valence-corrected chi connectivity index (χ3v) is 14.7. The molecule has 6 fully saturated rings. The Morgan fingerprint density at radius 2 is 1.74 bits per heavy atom. The van der Waals surface area contributed by atoms with Crippen molar-refractivity contribution in [3.8, 4) is 0 Å². The maximum Gasteiger partial charge on any atom is 0.302 e. The van der Waals surface area contributed by atoms with Crippen LogP contribution in [0, 0.1) is 44.8 Å². The molecule has 0 unspecified atom stereocenters. The highest BCUT2D eigenvalue weighted by molar-refractivity contribution is 5.90. The summed E-state index contributed by atoms with van der Waals surface area (Å²) in [4.78, 5) is 40.2. The number of rotatable bonds is 7. The zero-order valence-electron chi connectivity index (χ0n) is 29.2. The van der Waals surface area contributed by atoms with Gasteiger partial charge in [-0.2, -0.15) is 0 Å². The van der Waals surface area contributed by atoms with E-state index in [1.807, 2.05) is 20.8 Å². The summed E-state index contributed by atoms with van der Waals surface area (Å²) in [7, 11) is 0. The molecule has 2 spiro atoms. The van der Waals surface area contributed by atoms with E-state index in [1.54, 1.807) is 0 Å². The number of ether oxygens (including phenoxy) is 4. The van der Waals surface area contributed by atoms with Crippen molar-refractivity contribution in [2.24, 2.45) is 44.8 Å². The first-order valence-electron chi connectivity index (χ1n) is 17.7. The molecule has 7 rings (SSSR count). The van der Waals surface area contributed by atoms with Gasteiger partial charge < -0.3 is 34.3 Å². The summed E-state index contributed by atoms with van der Waals surface area (Å²) in [5.74, 6) is -0.579. The smallest absolute Gasteiger partial charge is 0.302 e. The number of aliphatic hydroxyl groups excluding tert-OH is 3. The topological polar surface area (TPSA) is 152 Å². The van der Waals surface area contributed by atoms with Gasteiger partial charge in [-0.1, -0.05) is 46.3 Å². The fourth-order valence-electron chi connectivity index (χ4n) is 12.3. The molecule has 2 heterocycles. The Morgan fingerprint density at radius 3 is 2.38 bits per heavy atom. The van der Waals surface area contributed by atoms with Crippen LogP contribution in [0.5, 0.6) is 0 Å². The molecule has 0 bridgehead atoms. The summed E-state index contributed by atoms with van der Waals surface area (Å²) in [6, 6.07) is 0. The number of epoxide rings is 1. The van der Waals surface area contributed by atoms with Crippen molar-refractivity contribution in [1.82, 2.24) is 0 Å². The lowest BCUT2D eigenvalue weighted by atomic mass is 9.44. The molecule has 0 aromatic rings.